The second-order valence-corrected chi connectivity index (χ2v) is 8.45. The second kappa shape index (κ2) is 10.6. The Morgan fingerprint density at radius 1 is 0.974 bits per heavy atom. The molecule has 0 saturated heterocycles. The lowest BCUT2D eigenvalue weighted by molar-refractivity contribution is 0.153. The molecular formula is C28H20F3N7O. The number of nitrogens with two attached hydrogens (primary N) is 1. The topological polar surface area (TPSA) is 112 Å². The SMILES string of the molecule is CC(Nc1ncnc(N)c1C#Cc1ccc(F)cn1)c1nc2cccc(C(F)F)c2c(=O)n1-c1ccccc1. The van der Waals surface area contributed by atoms with Crippen LogP contribution >= 0.6 is 0 Å². The molecule has 0 aliphatic heterocycles. The summed E-state index contributed by atoms with van der Waals surface area (Å²) in [5.41, 5.74) is 6.20. The minimum Gasteiger partial charge on any atom is -0.382 e. The van der Waals surface area contributed by atoms with E-state index >= 15 is 0 Å². The Balaban J connectivity index is 1.63. The van der Waals surface area contributed by atoms with Crippen molar-refractivity contribution in [3.63, 3.8) is 0 Å². The van der Waals surface area contributed by atoms with E-state index in [2.05, 4.69) is 37.1 Å². The number of fused-ring (bicyclic) bond motifs is 1. The van der Waals surface area contributed by atoms with Gasteiger partial charge in [-0.25, -0.2) is 33.1 Å². The number of halogens is 3. The van der Waals surface area contributed by atoms with Crippen LogP contribution in [0, 0.1) is 17.7 Å². The van der Waals surface area contributed by atoms with E-state index in [-0.39, 0.29) is 33.9 Å². The lowest BCUT2D eigenvalue weighted by Gasteiger charge is -2.21. The van der Waals surface area contributed by atoms with Crippen molar-refractivity contribution in [3.05, 3.63) is 112 Å². The monoisotopic (exact) mass is 527 g/mol. The van der Waals surface area contributed by atoms with Crippen LogP contribution < -0.4 is 16.6 Å². The summed E-state index contributed by atoms with van der Waals surface area (Å²) in [5.74, 6) is 5.76. The van der Waals surface area contributed by atoms with Crippen LogP contribution in [0.4, 0.5) is 24.8 Å². The van der Waals surface area contributed by atoms with Crippen LogP contribution in [0.3, 0.4) is 0 Å². The molecule has 1 atom stereocenters. The van der Waals surface area contributed by atoms with E-state index in [1.807, 2.05) is 0 Å². The summed E-state index contributed by atoms with van der Waals surface area (Å²) in [6.07, 6.45) is -0.558. The lowest BCUT2D eigenvalue weighted by Crippen LogP contribution is -2.28. The van der Waals surface area contributed by atoms with Crippen LogP contribution in [0.15, 0.2) is 78.0 Å². The predicted molar refractivity (Wildman–Crippen MR) is 141 cm³/mol. The molecular weight excluding hydrogens is 507 g/mol. The first-order chi connectivity index (χ1) is 18.8. The minimum absolute atomic E-state index is 0.0859. The molecule has 0 amide bonds. The fraction of sp³-hybridized carbons (Fsp3) is 0.107. The molecule has 0 saturated carbocycles. The predicted octanol–water partition coefficient (Wildman–Crippen LogP) is 4.80. The zero-order valence-corrected chi connectivity index (χ0v) is 20.4. The third-order valence-electron chi connectivity index (χ3n) is 5.87. The second-order valence-electron chi connectivity index (χ2n) is 8.45. The third-order valence-corrected chi connectivity index (χ3v) is 5.87. The number of nitrogens with one attached hydrogen (secondary N) is 1. The van der Waals surface area contributed by atoms with Crippen LogP contribution in [-0.2, 0) is 0 Å². The average molecular weight is 528 g/mol. The largest absolute Gasteiger partial charge is 0.382 e. The van der Waals surface area contributed by atoms with E-state index in [1.165, 1.54) is 41.2 Å². The first-order valence-electron chi connectivity index (χ1n) is 11.7. The van der Waals surface area contributed by atoms with Crippen LogP contribution in [0.1, 0.15) is 42.0 Å². The summed E-state index contributed by atoms with van der Waals surface area (Å²) in [5, 5.41) is 3.01. The van der Waals surface area contributed by atoms with E-state index in [9.17, 15) is 18.0 Å². The standard InChI is InChI=1S/C28H20F3N7O/c1-16(36-26-21(25(32)34-15-35-26)13-12-18-11-10-17(29)14-33-18)27-37-22-9-5-8-20(24(30)31)23(22)28(39)38(27)19-6-3-2-4-7-19/h2-11,14-16,24H,1H3,(H3,32,34,35,36). The number of benzene rings is 2. The van der Waals surface area contributed by atoms with Crippen molar-refractivity contribution in [1.29, 1.82) is 0 Å². The minimum atomic E-state index is -2.85. The molecule has 5 rings (SSSR count). The van der Waals surface area contributed by atoms with Crippen molar-refractivity contribution in [3.8, 4) is 17.5 Å². The van der Waals surface area contributed by atoms with Gasteiger partial charge >= 0.3 is 0 Å². The Labute approximate surface area is 220 Å². The molecule has 3 heterocycles. The van der Waals surface area contributed by atoms with Gasteiger partial charge in [-0.3, -0.25) is 9.36 Å². The molecule has 3 aromatic heterocycles. The van der Waals surface area contributed by atoms with Crippen molar-refractivity contribution < 1.29 is 13.2 Å². The first-order valence-corrected chi connectivity index (χ1v) is 11.7. The molecule has 8 nitrogen and oxygen atoms in total. The molecule has 5 aromatic rings. The average Bonchev–Trinajstić information content (AvgIpc) is 2.93. The van der Waals surface area contributed by atoms with Gasteiger partial charge in [0.2, 0.25) is 0 Å². The number of nitrogens with zero attached hydrogens (tertiary/aromatic N) is 5. The first kappa shape index (κ1) is 25.4. The third kappa shape index (κ3) is 5.13. The molecule has 2 aromatic carbocycles. The van der Waals surface area contributed by atoms with E-state index in [1.54, 1.807) is 37.3 Å². The normalized spacial score (nSPS) is 11.7. The van der Waals surface area contributed by atoms with Crippen molar-refractivity contribution in [2.24, 2.45) is 0 Å². The van der Waals surface area contributed by atoms with E-state index < -0.39 is 29.4 Å². The smallest absolute Gasteiger partial charge is 0.266 e. The summed E-state index contributed by atoms with van der Waals surface area (Å²) in [4.78, 5) is 30.5. The van der Waals surface area contributed by atoms with Gasteiger partial charge in [-0.2, -0.15) is 0 Å². The number of para-hydroxylation sites is 1. The molecule has 11 heteroatoms. The maximum atomic E-state index is 13.8. The zero-order chi connectivity index (χ0) is 27.5. The van der Waals surface area contributed by atoms with Gasteiger partial charge in [0.15, 0.2) is 0 Å². The van der Waals surface area contributed by atoms with E-state index in [0.29, 0.717) is 11.4 Å². The highest BCUT2D eigenvalue weighted by atomic mass is 19.3. The number of pyridine rings is 1. The maximum Gasteiger partial charge on any atom is 0.266 e. The summed E-state index contributed by atoms with van der Waals surface area (Å²) < 4.78 is 42.1. The number of alkyl halides is 2. The van der Waals surface area contributed by atoms with E-state index in [0.717, 1.165) is 6.20 Å². The van der Waals surface area contributed by atoms with Gasteiger partial charge in [0.05, 0.1) is 28.8 Å². The molecule has 194 valence electrons. The number of aromatic nitrogens is 5. The number of rotatable bonds is 5. The van der Waals surface area contributed by atoms with Gasteiger partial charge in [0.25, 0.3) is 12.0 Å². The van der Waals surface area contributed by atoms with Crippen LogP contribution in [0.5, 0.6) is 0 Å². The van der Waals surface area contributed by atoms with E-state index in [4.69, 9.17) is 5.73 Å². The van der Waals surface area contributed by atoms with Gasteiger partial charge in [-0.1, -0.05) is 36.3 Å². The van der Waals surface area contributed by atoms with Crippen LogP contribution in [0.2, 0.25) is 0 Å². The summed E-state index contributed by atoms with van der Waals surface area (Å²) in [6.45, 7) is 1.74. The van der Waals surface area contributed by atoms with Gasteiger partial charge in [-0.15, -0.1) is 0 Å². The Kier molecular flexibility index (Phi) is 6.93. The van der Waals surface area contributed by atoms with Gasteiger partial charge in [-0.05, 0) is 43.2 Å². The lowest BCUT2D eigenvalue weighted by atomic mass is 10.1. The van der Waals surface area contributed by atoms with Gasteiger partial charge in [0.1, 0.15) is 40.9 Å². The van der Waals surface area contributed by atoms with Crippen molar-refractivity contribution >= 4 is 22.5 Å². The Morgan fingerprint density at radius 2 is 1.77 bits per heavy atom. The quantitative estimate of drug-likeness (QED) is 0.316. The molecule has 39 heavy (non-hydrogen) atoms. The summed E-state index contributed by atoms with van der Waals surface area (Å²) in [7, 11) is 0. The highest BCUT2D eigenvalue weighted by Gasteiger charge is 2.23. The van der Waals surface area contributed by atoms with Crippen LogP contribution in [-0.4, -0.2) is 24.5 Å². The number of hydrogen-bond donors (Lipinski definition) is 2. The molecule has 1 unspecified atom stereocenters. The number of hydrogen-bond acceptors (Lipinski definition) is 7. The number of anilines is 2. The Morgan fingerprint density at radius 3 is 2.49 bits per heavy atom. The zero-order valence-electron chi connectivity index (χ0n) is 20.4. The fourth-order valence-corrected chi connectivity index (χ4v) is 4.05. The molecule has 0 radical (unpaired) electrons. The molecule has 0 spiro atoms. The van der Waals surface area contributed by atoms with Crippen molar-refractivity contribution in [2.75, 3.05) is 11.1 Å². The summed E-state index contributed by atoms with van der Waals surface area (Å²) in [6, 6.07) is 14.8. The van der Waals surface area contributed by atoms with Gasteiger partial charge in [0, 0.05) is 5.56 Å². The molecule has 0 bridgehead atoms. The Hall–Kier alpha value is -5.24. The maximum absolute atomic E-state index is 13.8. The molecule has 0 fully saturated rings. The molecule has 0 aliphatic rings. The van der Waals surface area contributed by atoms with Crippen LogP contribution in [0.25, 0.3) is 16.6 Å². The molecule has 0 aliphatic carbocycles. The number of nitrogen functional groups attached to an aromatic ring is 1. The van der Waals surface area contributed by atoms with Crippen molar-refractivity contribution in [2.45, 2.75) is 19.4 Å². The highest BCUT2D eigenvalue weighted by Crippen LogP contribution is 2.28. The summed E-state index contributed by atoms with van der Waals surface area (Å²) >= 11 is 0. The van der Waals surface area contributed by atoms with Crippen molar-refractivity contribution in [1.82, 2.24) is 24.5 Å². The fourth-order valence-electron chi connectivity index (χ4n) is 4.05. The van der Waals surface area contributed by atoms with Gasteiger partial charge < -0.3 is 11.1 Å². The Bertz CT molecular complexity index is 1780. The highest BCUT2D eigenvalue weighted by molar-refractivity contribution is 5.82. The molecule has 3 N–H and O–H groups in total.